The maximum atomic E-state index is 10.1. The molecule has 0 saturated carbocycles. The highest BCUT2D eigenvalue weighted by molar-refractivity contribution is 7.72. The molecule has 0 N–H and O–H groups in total. The van der Waals surface area contributed by atoms with Gasteiger partial charge in [-0.05, 0) is 0 Å². The lowest BCUT2D eigenvalue weighted by molar-refractivity contribution is 0.600. The number of thiol groups is 1. The van der Waals surface area contributed by atoms with Gasteiger partial charge < -0.3 is 0 Å². The topological polar surface area (TPSA) is 64.8 Å². The monoisotopic (exact) mass is 147 g/mol. The van der Waals surface area contributed by atoms with Crippen molar-refractivity contribution in [3.05, 3.63) is 6.20 Å². The molecule has 50 valence electrons. The van der Waals surface area contributed by atoms with Crippen LogP contribution in [0.5, 0.6) is 0 Å². The molecule has 0 saturated heterocycles. The average molecular weight is 147 g/mol. The Morgan fingerprint density at radius 1 is 1.67 bits per heavy atom. The van der Waals surface area contributed by atoms with E-state index in [0.29, 0.717) is 0 Å². The number of rotatable bonds is 1. The van der Waals surface area contributed by atoms with Crippen LogP contribution < -0.4 is 0 Å². The SMILES string of the molecule is Cn1ncc([SH](=O)=O)n1. The molecule has 0 aliphatic carbocycles. The van der Waals surface area contributed by atoms with Crippen LogP contribution in [0.4, 0.5) is 0 Å². The lowest BCUT2D eigenvalue weighted by Gasteiger charge is -1.77. The van der Waals surface area contributed by atoms with E-state index in [1.165, 1.54) is 11.0 Å². The van der Waals surface area contributed by atoms with Gasteiger partial charge in [0.2, 0.25) is 0 Å². The molecule has 6 heteroatoms. The van der Waals surface area contributed by atoms with Crippen LogP contribution >= 0.6 is 0 Å². The normalized spacial score (nSPS) is 10.4. The minimum absolute atomic E-state index is 0.00694. The first-order valence-electron chi connectivity index (χ1n) is 2.21. The smallest absolute Gasteiger partial charge is 0.194 e. The standard InChI is InChI=1S/C3H5N3O2S/c1-6-4-2-3(5-6)9(7)8/h2,9H,1H3. The molecule has 9 heavy (non-hydrogen) atoms. The summed E-state index contributed by atoms with van der Waals surface area (Å²) >= 11 is 0. The van der Waals surface area contributed by atoms with Gasteiger partial charge in [-0.25, -0.2) is 8.42 Å². The van der Waals surface area contributed by atoms with Gasteiger partial charge in [0.15, 0.2) is 15.7 Å². The van der Waals surface area contributed by atoms with Gasteiger partial charge in [-0.15, -0.1) is 5.10 Å². The van der Waals surface area contributed by atoms with Gasteiger partial charge in [0.1, 0.15) is 0 Å². The van der Waals surface area contributed by atoms with Crippen LogP contribution in [0, 0.1) is 0 Å². The second-order valence-electron chi connectivity index (χ2n) is 1.45. The molecule has 0 aliphatic rings. The largest absolute Gasteiger partial charge is 0.225 e. The van der Waals surface area contributed by atoms with E-state index in [4.69, 9.17) is 0 Å². The molecule has 0 fully saturated rings. The number of hydrogen-bond acceptors (Lipinski definition) is 4. The Labute approximate surface area is 53.2 Å². The second-order valence-corrected chi connectivity index (χ2v) is 2.42. The Balaban J connectivity index is 3.12. The maximum Gasteiger partial charge on any atom is 0.194 e. The number of nitrogens with zero attached hydrogens (tertiary/aromatic N) is 3. The first-order chi connectivity index (χ1) is 4.20. The Morgan fingerprint density at radius 3 is 2.56 bits per heavy atom. The molecule has 0 atom stereocenters. The highest BCUT2D eigenvalue weighted by Crippen LogP contribution is 1.88. The Morgan fingerprint density at radius 2 is 2.33 bits per heavy atom. The summed E-state index contributed by atoms with van der Waals surface area (Å²) in [6, 6.07) is 0. The highest BCUT2D eigenvalue weighted by atomic mass is 32.2. The van der Waals surface area contributed by atoms with Gasteiger partial charge >= 0.3 is 0 Å². The van der Waals surface area contributed by atoms with Crippen molar-refractivity contribution in [2.75, 3.05) is 0 Å². The summed E-state index contributed by atoms with van der Waals surface area (Å²) in [5.41, 5.74) is 0. The molecule has 0 aromatic carbocycles. The lowest BCUT2D eigenvalue weighted by Crippen LogP contribution is -1.92. The quantitative estimate of drug-likeness (QED) is 0.506. The Bertz CT molecular complexity index is 268. The molecule has 0 bridgehead atoms. The Kier molecular flexibility index (Phi) is 1.48. The summed E-state index contributed by atoms with van der Waals surface area (Å²) in [7, 11) is -1.01. The first-order valence-corrected chi connectivity index (χ1v) is 3.38. The maximum absolute atomic E-state index is 10.1. The van der Waals surface area contributed by atoms with E-state index in [9.17, 15) is 8.42 Å². The second kappa shape index (κ2) is 2.14. The third-order valence-corrected chi connectivity index (χ3v) is 1.35. The van der Waals surface area contributed by atoms with E-state index in [0.717, 1.165) is 0 Å². The molecular formula is C3H5N3O2S. The van der Waals surface area contributed by atoms with E-state index < -0.39 is 10.7 Å². The van der Waals surface area contributed by atoms with Gasteiger partial charge in [-0.1, -0.05) is 0 Å². The summed E-state index contributed by atoms with van der Waals surface area (Å²) in [4.78, 5) is 1.19. The minimum Gasteiger partial charge on any atom is -0.225 e. The molecule has 1 aromatic rings. The van der Waals surface area contributed by atoms with Gasteiger partial charge in [0, 0.05) is 7.05 Å². The summed E-state index contributed by atoms with van der Waals surface area (Å²) in [5, 5.41) is 7.09. The van der Waals surface area contributed by atoms with Crippen molar-refractivity contribution in [1.82, 2.24) is 15.0 Å². The molecule has 0 spiro atoms. The molecule has 1 aromatic heterocycles. The highest BCUT2D eigenvalue weighted by Gasteiger charge is 1.96. The lowest BCUT2D eigenvalue weighted by atomic mass is 11.0. The summed E-state index contributed by atoms with van der Waals surface area (Å²) in [6.45, 7) is 0. The fourth-order valence-corrected chi connectivity index (χ4v) is 0.767. The van der Waals surface area contributed by atoms with Crippen LogP contribution in [0.15, 0.2) is 11.2 Å². The number of aryl methyl sites for hydroxylation is 1. The Hall–Kier alpha value is -0.910. The van der Waals surface area contributed by atoms with E-state index in [1.54, 1.807) is 7.05 Å². The van der Waals surface area contributed by atoms with Crippen LogP contribution in [0.3, 0.4) is 0 Å². The zero-order valence-corrected chi connectivity index (χ0v) is 5.58. The van der Waals surface area contributed by atoms with Gasteiger partial charge in [-0.3, -0.25) is 0 Å². The van der Waals surface area contributed by atoms with Crippen molar-refractivity contribution >= 4 is 10.7 Å². The molecule has 0 aliphatic heterocycles. The van der Waals surface area contributed by atoms with Crippen LogP contribution in [0.25, 0.3) is 0 Å². The number of hydrogen-bond donors (Lipinski definition) is 1. The first kappa shape index (κ1) is 6.21. The van der Waals surface area contributed by atoms with E-state index in [2.05, 4.69) is 10.2 Å². The van der Waals surface area contributed by atoms with Crippen LogP contribution in [0.1, 0.15) is 0 Å². The molecule has 0 unspecified atom stereocenters. The van der Waals surface area contributed by atoms with Crippen molar-refractivity contribution in [3.8, 4) is 0 Å². The zero-order chi connectivity index (χ0) is 6.85. The molecule has 5 nitrogen and oxygen atoms in total. The predicted molar refractivity (Wildman–Crippen MR) is 29.6 cm³/mol. The van der Waals surface area contributed by atoms with Crippen LogP contribution in [-0.2, 0) is 17.8 Å². The van der Waals surface area contributed by atoms with E-state index in [-0.39, 0.29) is 5.03 Å². The van der Waals surface area contributed by atoms with Crippen LogP contribution in [-0.4, -0.2) is 23.4 Å². The molecule has 1 heterocycles. The van der Waals surface area contributed by atoms with Crippen molar-refractivity contribution in [1.29, 1.82) is 0 Å². The van der Waals surface area contributed by atoms with Crippen molar-refractivity contribution in [2.45, 2.75) is 5.03 Å². The number of aromatic nitrogens is 3. The van der Waals surface area contributed by atoms with Gasteiger partial charge in [-0.2, -0.15) is 9.90 Å². The fourth-order valence-electron chi connectivity index (χ4n) is 0.419. The third-order valence-electron chi connectivity index (χ3n) is 0.775. The third kappa shape index (κ3) is 1.26. The fraction of sp³-hybridized carbons (Fsp3) is 0.333. The van der Waals surface area contributed by atoms with Crippen molar-refractivity contribution < 1.29 is 8.42 Å². The van der Waals surface area contributed by atoms with E-state index >= 15 is 0 Å². The van der Waals surface area contributed by atoms with Gasteiger partial charge in [0.25, 0.3) is 0 Å². The van der Waals surface area contributed by atoms with Crippen molar-refractivity contribution in [2.24, 2.45) is 7.05 Å². The summed E-state index contributed by atoms with van der Waals surface area (Å²) in [6.07, 6.45) is 1.20. The summed E-state index contributed by atoms with van der Waals surface area (Å²) < 4.78 is 20.3. The van der Waals surface area contributed by atoms with Crippen LogP contribution in [0.2, 0.25) is 0 Å². The average Bonchev–Trinajstić information content (AvgIpc) is 2.14. The molecule has 1 rings (SSSR count). The van der Waals surface area contributed by atoms with E-state index in [1.807, 2.05) is 0 Å². The molecular weight excluding hydrogens is 142 g/mol. The predicted octanol–water partition coefficient (Wildman–Crippen LogP) is -1.21. The molecule has 0 radical (unpaired) electrons. The van der Waals surface area contributed by atoms with Gasteiger partial charge in [0.05, 0.1) is 6.20 Å². The zero-order valence-electron chi connectivity index (χ0n) is 4.68. The van der Waals surface area contributed by atoms with Crippen molar-refractivity contribution in [3.63, 3.8) is 0 Å². The molecule has 0 amide bonds. The minimum atomic E-state index is -2.57. The summed E-state index contributed by atoms with van der Waals surface area (Å²) in [5.74, 6) is 0.